The van der Waals surface area contributed by atoms with Gasteiger partial charge in [0.15, 0.2) is 0 Å². The summed E-state index contributed by atoms with van der Waals surface area (Å²) in [6, 6.07) is -0.258. The molecule has 2 N–H and O–H groups in total. The van der Waals surface area contributed by atoms with E-state index < -0.39 is 18.0 Å². The quantitative estimate of drug-likeness (QED) is 0.727. The average molecular weight is 393 g/mol. The van der Waals surface area contributed by atoms with Gasteiger partial charge < -0.3 is 15.1 Å². The molecule has 4 atom stereocenters. The maximum Gasteiger partial charge on any atom is 0.353 e. The lowest BCUT2D eigenvalue weighted by Crippen LogP contribution is -2.63. The number of rotatable bonds is 6. The van der Waals surface area contributed by atoms with Crippen LogP contribution in [0.1, 0.15) is 19.7 Å². The van der Waals surface area contributed by atoms with Crippen LogP contribution in [0.5, 0.6) is 0 Å². The number of β-lactam (4-membered cyclic amide) rings is 1. The van der Waals surface area contributed by atoms with Gasteiger partial charge in [0.25, 0.3) is 0 Å². The van der Waals surface area contributed by atoms with Crippen LogP contribution in [0.2, 0.25) is 0 Å². The highest BCUT2D eigenvalue weighted by Crippen LogP contribution is 2.50. The minimum absolute atomic E-state index is 0.0817. The van der Waals surface area contributed by atoms with Crippen LogP contribution in [0.15, 0.2) is 28.4 Å². The van der Waals surface area contributed by atoms with Gasteiger partial charge in [0.2, 0.25) is 5.91 Å². The summed E-state index contributed by atoms with van der Waals surface area (Å²) < 4.78 is 2.04. The molecule has 0 aromatic carbocycles. The van der Waals surface area contributed by atoms with Crippen molar-refractivity contribution in [3.8, 4) is 0 Å². The lowest BCUT2D eigenvalue weighted by Gasteiger charge is -2.46. The normalized spacial score (nSPS) is 26.3. The van der Waals surface area contributed by atoms with E-state index in [1.54, 1.807) is 18.3 Å². The summed E-state index contributed by atoms with van der Waals surface area (Å²) in [5.41, 5.74) is 0.0817. The molecule has 0 saturated carbocycles. The molecular formula is C17H19N3O4S2. The molecular weight excluding hydrogens is 374 g/mol. The van der Waals surface area contributed by atoms with E-state index in [0.29, 0.717) is 12.2 Å². The van der Waals surface area contributed by atoms with E-state index in [-0.39, 0.29) is 23.6 Å². The zero-order valence-corrected chi connectivity index (χ0v) is 16.0. The van der Waals surface area contributed by atoms with Crippen molar-refractivity contribution < 1.29 is 19.8 Å². The number of imidazole rings is 1. The van der Waals surface area contributed by atoms with Gasteiger partial charge in [-0.2, -0.15) is 0 Å². The highest BCUT2D eigenvalue weighted by atomic mass is 32.2. The highest BCUT2D eigenvalue weighted by molar-refractivity contribution is 8.03. The first-order valence-corrected chi connectivity index (χ1v) is 10.3. The minimum Gasteiger partial charge on any atom is -0.477 e. The van der Waals surface area contributed by atoms with Crippen molar-refractivity contribution in [2.45, 2.75) is 32.4 Å². The van der Waals surface area contributed by atoms with Crippen LogP contribution in [0, 0.1) is 11.8 Å². The number of aliphatic hydroxyl groups is 1. The van der Waals surface area contributed by atoms with Crippen LogP contribution >= 0.6 is 23.1 Å². The van der Waals surface area contributed by atoms with Gasteiger partial charge >= 0.3 is 5.97 Å². The molecule has 138 valence electrons. The second kappa shape index (κ2) is 6.40. The van der Waals surface area contributed by atoms with Gasteiger partial charge in [-0.15, -0.1) is 23.1 Å². The largest absolute Gasteiger partial charge is 0.477 e. The number of aliphatic hydroxyl groups excluding tert-OH is 1. The Kier molecular flexibility index (Phi) is 4.32. The summed E-state index contributed by atoms with van der Waals surface area (Å²) in [7, 11) is 0. The van der Waals surface area contributed by atoms with Crippen molar-refractivity contribution in [3.63, 3.8) is 0 Å². The molecule has 2 aromatic heterocycles. The molecule has 2 aliphatic heterocycles. The number of carbonyl (C=O) groups excluding carboxylic acids is 1. The Morgan fingerprint density at radius 2 is 2.27 bits per heavy atom. The summed E-state index contributed by atoms with van der Waals surface area (Å²) in [5, 5.41) is 21.5. The Morgan fingerprint density at radius 1 is 1.50 bits per heavy atom. The van der Waals surface area contributed by atoms with Gasteiger partial charge in [-0.1, -0.05) is 6.92 Å². The Balaban J connectivity index is 1.52. The first kappa shape index (κ1) is 17.6. The standard InChI is InChI=1S/C17H19N3O4S2/c1-8-13-12(9(2)21)16(22)20(13)14(17(23)24)15(8)26-5-3-10-18-7-11-19(10)4-6-25-11/h4,6-9,12-13,21H,3,5H2,1-2H3,(H,23,24)/t8-,9?,12?,13?/m1/s1. The second-order valence-electron chi connectivity index (χ2n) is 6.66. The van der Waals surface area contributed by atoms with Crippen molar-refractivity contribution in [2.24, 2.45) is 11.8 Å². The number of nitrogens with zero attached hydrogens (tertiary/aromatic N) is 3. The third-order valence-electron chi connectivity index (χ3n) is 5.13. The molecule has 2 aliphatic rings. The average Bonchev–Trinajstić information content (AvgIpc) is 3.22. The predicted octanol–water partition coefficient (Wildman–Crippen LogP) is 1.83. The fourth-order valence-electron chi connectivity index (χ4n) is 3.94. The number of thioether (sulfide) groups is 1. The Labute approximate surface area is 158 Å². The van der Waals surface area contributed by atoms with E-state index in [1.807, 2.05) is 29.1 Å². The molecule has 0 radical (unpaired) electrons. The molecule has 7 nitrogen and oxygen atoms in total. The summed E-state index contributed by atoms with van der Waals surface area (Å²) >= 11 is 3.10. The second-order valence-corrected chi connectivity index (χ2v) is 8.72. The summed E-state index contributed by atoms with van der Waals surface area (Å²) in [6.45, 7) is 3.52. The van der Waals surface area contributed by atoms with Crippen molar-refractivity contribution in [1.82, 2.24) is 14.3 Å². The highest BCUT2D eigenvalue weighted by Gasteiger charge is 2.59. The van der Waals surface area contributed by atoms with Gasteiger partial charge in [-0.25, -0.2) is 9.78 Å². The minimum atomic E-state index is -1.08. The first-order chi connectivity index (χ1) is 12.4. The van der Waals surface area contributed by atoms with Gasteiger partial charge in [0.1, 0.15) is 16.4 Å². The number of aliphatic carboxylic acids is 1. The molecule has 1 amide bonds. The molecule has 1 fully saturated rings. The summed E-state index contributed by atoms with van der Waals surface area (Å²) in [4.78, 5) is 31.6. The summed E-state index contributed by atoms with van der Waals surface area (Å²) in [5.74, 6) is -0.365. The fourth-order valence-corrected chi connectivity index (χ4v) is 5.89. The number of hydrogen-bond donors (Lipinski definition) is 2. The fraction of sp³-hybridized carbons (Fsp3) is 0.471. The third-order valence-corrected chi connectivity index (χ3v) is 7.22. The number of thiazole rings is 1. The molecule has 26 heavy (non-hydrogen) atoms. The van der Waals surface area contributed by atoms with Crippen LogP contribution in [0.3, 0.4) is 0 Å². The number of hydrogen-bond acceptors (Lipinski definition) is 6. The number of carbonyl (C=O) groups is 2. The van der Waals surface area contributed by atoms with E-state index >= 15 is 0 Å². The van der Waals surface area contributed by atoms with E-state index in [1.165, 1.54) is 16.7 Å². The number of aromatic nitrogens is 2. The zero-order chi connectivity index (χ0) is 18.6. The van der Waals surface area contributed by atoms with Crippen molar-refractivity contribution >= 4 is 39.8 Å². The van der Waals surface area contributed by atoms with Crippen molar-refractivity contribution in [3.05, 3.63) is 34.2 Å². The van der Waals surface area contributed by atoms with Crippen LogP contribution in [-0.2, 0) is 16.0 Å². The molecule has 0 spiro atoms. The summed E-state index contributed by atoms with van der Waals surface area (Å²) in [6.07, 6.45) is 3.74. The number of aryl methyl sites for hydroxylation is 1. The number of carboxylic acids is 1. The Hall–Kier alpha value is -1.84. The monoisotopic (exact) mass is 393 g/mol. The molecule has 2 aromatic rings. The molecule has 4 heterocycles. The van der Waals surface area contributed by atoms with Gasteiger partial charge in [0.05, 0.1) is 24.3 Å². The van der Waals surface area contributed by atoms with E-state index in [0.717, 1.165) is 15.6 Å². The molecule has 1 saturated heterocycles. The van der Waals surface area contributed by atoms with Gasteiger partial charge in [0, 0.05) is 34.6 Å². The van der Waals surface area contributed by atoms with E-state index in [9.17, 15) is 19.8 Å². The van der Waals surface area contributed by atoms with E-state index in [2.05, 4.69) is 4.98 Å². The lowest BCUT2D eigenvalue weighted by molar-refractivity contribution is -0.163. The van der Waals surface area contributed by atoms with Crippen LogP contribution in [0.25, 0.3) is 4.83 Å². The van der Waals surface area contributed by atoms with Crippen molar-refractivity contribution in [1.29, 1.82) is 0 Å². The van der Waals surface area contributed by atoms with Crippen LogP contribution in [-0.4, -0.2) is 54.3 Å². The molecule has 9 heteroatoms. The number of carboxylic acid groups (broad SMARTS) is 1. The Morgan fingerprint density at radius 3 is 2.96 bits per heavy atom. The van der Waals surface area contributed by atoms with E-state index in [4.69, 9.17) is 0 Å². The zero-order valence-electron chi connectivity index (χ0n) is 14.3. The van der Waals surface area contributed by atoms with Crippen LogP contribution < -0.4 is 0 Å². The predicted molar refractivity (Wildman–Crippen MR) is 98.9 cm³/mol. The maximum atomic E-state index is 12.3. The lowest BCUT2D eigenvalue weighted by atomic mass is 9.79. The molecule has 0 aliphatic carbocycles. The number of amides is 1. The molecule has 0 bridgehead atoms. The molecule has 3 unspecified atom stereocenters. The maximum absolute atomic E-state index is 12.3. The number of fused-ring (bicyclic) bond motifs is 2. The van der Waals surface area contributed by atoms with Gasteiger partial charge in [-0.05, 0) is 6.92 Å². The topological polar surface area (TPSA) is 95.1 Å². The molecule has 4 rings (SSSR count). The first-order valence-electron chi connectivity index (χ1n) is 8.42. The smallest absolute Gasteiger partial charge is 0.353 e. The van der Waals surface area contributed by atoms with Gasteiger partial charge in [-0.3, -0.25) is 9.20 Å². The third kappa shape index (κ3) is 2.49. The van der Waals surface area contributed by atoms with Crippen molar-refractivity contribution in [2.75, 3.05) is 5.75 Å². The SMILES string of the molecule is CC(O)C1C(=O)N2C(C(=O)O)=C(SCCc3ncc4sccn34)[C@H](C)C12. The Bertz CT molecular complexity index is 916. The van der Waals surface area contributed by atoms with Crippen LogP contribution in [0.4, 0.5) is 0 Å².